The molecule has 0 saturated carbocycles. The van der Waals surface area contributed by atoms with Gasteiger partial charge in [0.25, 0.3) is 0 Å². The van der Waals surface area contributed by atoms with E-state index in [0.717, 1.165) is 32.7 Å². The minimum atomic E-state index is -0.668. The number of hydrogen-bond donors (Lipinski definition) is 2. The van der Waals surface area contributed by atoms with Crippen molar-refractivity contribution in [2.24, 2.45) is 0 Å². The second kappa shape index (κ2) is 5.87. The predicted molar refractivity (Wildman–Crippen MR) is 76.9 cm³/mol. The molecule has 0 aromatic carbocycles. The Morgan fingerprint density at radius 3 is 2.06 bits per heavy atom. The van der Waals surface area contributed by atoms with E-state index in [9.17, 15) is 5.11 Å². The average molecular weight is 257 g/mol. The summed E-state index contributed by atoms with van der Waals surface area (Å²) in [6.07, 6.45) is 0. The van der Waals surface area contributed by atoms with Crippen molar-refractivity contribution >= 4 is 0 Å². The molecule has 2 N–H and O–H groups in total. The van der Waals surface area contributed by atoms with E-state index in [1.807, 2.05) is 20.8 Å². The summed E-state index contributed by atoms with van der Waals surface area (Å²) in [4.78, 5) is 4.91. The molecule has 1 fully saturated rings. The van der Waals surface area contributed by atoms with Crippen LogP contribution in [0.25, 0.3) is 0 Å². The van der Waals surface area contributed by atoms with Crippen molar-refractivity contribution < 1.29 is 5.11 Å². The summed E-state index contributed by atoms with van der Waals surface area (Å²) in [5, 5.41) is 13.4. The normalized spacial score (nSPS) is 22.2. The number of nitrogens with zero attached hydrogens (tertiary/aromatic N) is 2. The highest BCUT2D eigenvalue weighted by Crippen LogP contribution is 2.17. The molecule has 0 aromatic rings. The first-order valence-electron chi connectivity index (χ1n) is 7.02. The zero-order valence-electron chi connectivity index (χ0n) is 13.0. The molecule has 0 radical (unpaired) electrons. The molecule has 0 spiro atoms. The van der Waals surface area contributed by atoms with Crippen LogP contribution in [0, 0.1) is 0 Å². The van der Waals surface area contributed by atoms with Crippen LogP contribution in [0.2, 0.25) is 0 Å². The van der Waals surface area contributed by atoms with Crippen molar-refractivity contribution in [2.75, 3.05) is 39.8 Å². The van der Waals surface area contributed by atoms with Crippen LogP contribution in [0.1, 0.15) is 34.6 Å². The van der Waals surface area contributed by atoms with E-state index in [2.05, 4.69) is 36.0 Å². The van der Waals surface area contributed by atoms with Gasteiger partial charge in [-0.15, -0.1) is 0 Å². The van der Waals surface area contributed by atoms with Gasteiger partial charge < -0.3 is 15.3 Å². The summed E-state index contributed by atoms with van der Waals surface area (Å²) in [5.41, 5.74) is -0.529. The fraction of sp³-hybridized carbons (Fsp3) is 1.00. The Bertz CT molecular complexity index is 252. The first-order chi connectivity index (χ1) is 8.13. The molecule has 1 saturated heterocycles. The number of rotatable bonds is 5. The van der Waals surface area contributed by atoms with Crippen molar-refractivity contribution in [3.8, 4) is 0 Å². The molecule has 4 nitrogen and oxygen atoms in total. The summed E-state index contributed by atoms with van der Waals surface area (Å²) in [5.74, 6) is 0. The maximum atomic E-state index is 9.95. The van der Waals surface area contributed by atoms with Gasteiger partial charge in [0, 0.05) is 44.3 Å². The Kier molecular flexibility index (Phi) is 5.18. The van der Waals surface area contributed by atoms with Gasteiger partial charge in [-0.3, -0.25) is 4.90 Å². The molecule has 1 aliphatic heterocycles. The molecular weight excluding hydrogens is 226 g/mol. The van der Waals surface area contributed by atoms with E-state index >= 15 is 0 Å². The molecule has 1 atom stereocenters. The molecule has 1 unspecified atom stereocenters. The molecule has 4 heteroatoms. The minimum absolute atomic E-state index is 0.101. The summed E-state index contributed by atoms with van der Waals surface area (Å²) < 4.78 is 0. The first kappa shape index (κ1) is 15.9. The van der Waals surface area contributed by atoms with Crippen LogP contribution >= 0.6 is 0 Å². The Morgan fingerprint density at radius 2 is 1.61 bits per heavy atom. The molecule has 1 aliphatic rings. The third-order valence-electron chi connectivity index (χ3n) is 4.26. The van der Waals surface area contributed by atoms with Gasteiger partial charge >= 0.3 is 0 Å². The summed E-state index contributed by atoms with van der Waals surface area (Å²) in [6, 6.07) is 0.101. The quantitative estimate of drug-likeness (QED) is 0.763. The predicted octanol–water partition coefficient (Wildman–Crippen LogP) is 0.761. The van der Waals surface area contributed by atoms with Gasteiger partial charge in [0.1, 0.15) is 0 Å². The Morgan fingerprint density at radius 1 is 1.11 bits per heavy atom. The Hall–Kier alpha value is -0.160. The molecule has 18 heavy (non-hydrogen) atoms. The lowest BCUT2D eigenvalue weighted by atomic mass is 9.97. The van der Waals surface area contributed by atoms with Crippen LogP contribution in [0.3, 0.4) is 0 Å². The van der Waals surface area contributed by atoms with Crippen LogP contribution in [-0.2, 0) is 0 Å². The largest absolute Gasteiger partial charge is 0.389 e. The zero-order chi connectivity index (χ0) is 14.0. The highest BCUT2D eigenvalue weighted by Gasteiger charge is 2.31. The maximum absolute atomic E-state index is 9.95. The highest BCUT2D eigenvalue weighted by molar-refractivity contribution is 4.90. The lowest BCUT2D eigenvalue weighted by Crippen LogP contribution is -2.59. The van der Waals surface area contributed by atoms with Crippen molar-refractivity contribution in [1.29, 1.82) is 0 Å². The van der Waals surface area contributed by atoms with E-state index in [4.69, 9.17) is 0 Å². The Labute approximate surface area is 112 Å². The van der Waals surface area contributed by atoms with Gasteiger partial charge in [-0.1, -0.05) is 0 Å². The maximum Gasteiger partial charge on any atom is 0.0741 e. The Balaban J connectivity index is 2.44. The minimum Gasteiger partial charge on any atom is -0.389 e. The fourth-order valence-electron chi connectivity index (χ4n) is 2.18. The van der Waals surface area contributed by atoms with E-state index in [0.29, 0.717) is 0 Å². The smallest absolute Gasteiger partial charge is 0.0741 e. The molecular formula is C14H31N3O. The number of likely N-dealkylation sites (N-methyl/N-ethyl adjacent to an activating group) is 1. The molecule has 1 rings (SSSR count). The van der Waals surface area contributed by atoms with E-state index in [-0.39, 0.29) is 11.6 Å². The van der Waals surface area contributed by atoms with Gasteiger partial charge in [0.15, 0.2) is 0 Å². The van der Waals surface area contributed by atoms with Crippen molar-refractivity contribution in [3.63, 3.8) is 0 Å². The summed E-state index contributed by atoms with van der Waals surface area (Å²) in [6.45, 7) is 15.8. The fourth-order valence-corrected chi connectivity index (χ4v) is 2.18. The second-order valence-corrected chi connectivity index (χ2v) is 6.86. The first-order valence-corrected chi connectivity index (χ1v) is 7.02. The SMILES string of the molecule is CC(NCC(C)(C)N1CCN(C)CC1)C(C)(C)O. The lowest BCUT2D eigenvalue weighted by molar-refractivity contribution is 0.0265. The average Bonchev–Trinajstić information content (AvgIpc) is 2.25. The van der Waals surface area contributed by atoms with Crippen molar-refractivity contribution in [2.45, 2.75) is 51.8 Å². The number of aliphatic hydroxyl groups is 1. The van der Waals surface area contributed by atoms with Gasteiger partial charge in [-0.25, -0.2) is 0 Å². The number of nitrogens with one attached hydrogen (secondary N) is 1. The molecule has 1 heterocycles. The van der Waals surface area contributed by atoms with Crippen LogP contribution in [-0.4, -0.2) is 71.9 Å². The van der Waals surface area contributed by atoms with Gasteiger partial charge in [-0.05, 0) is 41.7 Å². The number of piperazine rings is 1. The highest BCUT2D eigenvalue weighted by atomic mass is 16.3. The van der Waals surface area contributed by atoms with Crippen molar-refractivity contribution in [3.05, 3.63) is 0 Å². The topological polar surface area (TPSA) is 38.7 Å². The zero-order valence-corrected chi connectivity index (χ0v) is 13.0. The van der Waals surface area contributed by atoms with Crippen molar-refractivity contribution in [1.82, 2.24) is 15.1 Å². The molecule has 0 bridgehead atoms. The van der Waals surface area contributed by atoms with E-state index in [1.165, 1.54) is 0 Å². The third-order valence-corrected chi connectivity index (χ3v) is 4.26. The third kappa shape index (κ3) is 4.50. The number of hydrogen-bond acceptors (Lipinski definition) is 4. The van der Waals surface area contributed by atoms with Crippen LogP contribution < -0.4 is 5.32 Å². The van der Waals surface area contributed by atoms with E-state index < -0.39 is 5.60 Å². The molecule has 0 amide bonds. The second-order valence-electron chi connectivity index (χ2n) is 6.86. The monoisotopic (exact) mass is 257 g/mol. The van der Waals surface area contributed by atoms with Crippen LogP contribution in [0.15, 0.2) is 0 Å². The van der Waals surface area contributed by atoms with Crippen LogP contribution in [0.4, 0.5) is 0 Å². The molecule has 0 aromatic heterocycles. The van der Waals surface area contributed by atoms with E-state index in [1.54, 1.807) is 0 Å². The standard InChI is InChI=1S/C14H31N3O/c1-12(14(4,5)18)15-11-13(2,3)17-9-7-16(6)8-10-17/h12,15,18H,7-11H2,1-6H3. The van der Waals surface area contributed by atoms with Gasteiger partial charge in [0.2, 0.25) is 0 Å². The molecule has 108 valence electrons. The van der Waals surface area contributed by atoms with Gasteiger partial charge in [-0.2, -0.15) is 0 Å². The van der Waals surface area contributed by atoms with Gasteiger partial charge in [0.05, 0.1) is 5.60 Å². The lowest BCUT2D eigenvalue weighted by Gasteiger charge is -2.44. The summed E-state index contributed by atoms with van der Waals surface area (Å²) in [7, 11) is 2.18. The van der Waals surface area contributed by atoms with Crippen LogP contribution in [0.5, 0.6) is 0 Å². The molecule has 0 aliphatic carbocycles. The summed E-state index contributed by atoms with van der Waals surface area (Å²) >= 11 is 0.